The lowest BCUT2D eigenvalue weighted by molar-refractivity contribution is -0.122. The fourth-order valence-electron chi connectivity index (χ4n) is 1.34. The number of nitrogens with one attached hydrogen (secondary N) is 1. The van der Waals surface area contributed by atoms with Crippen molar-refractivity contribution in [1.29, 1.82) is 0 Å². The molecular formula is C12H14N2O. The van der Waals surface area contributed by atoms with Crippen LogP contribution in [0.15, 0.2) is 30.3 Å². The summed E-state index contributed by atoms with van der Waals surface area (Å²) < 4.78 is 0. The molecule has 1 atom stereocenters. The van der Waals surface area contributed by atoms with Crippen molar-refractivity contribution in [3.63, 3.8) is 0 Å². The minimum absolute atomic E-state index is 0.123. The first-order chi connectivity index (χ1) is 7.29. The predicted octanol–water partition coefficient (Wildman–Crippen LogP) is 0.478. The minimum atomic E-state index is -0.320. The molecular weight excluding hydrogens is 188 g/mol. The molecule has 15 heavy (non-hydrogen) atoms. The molecule has 1 amide bonds. The lowest BCUT2D eigenvalue weighted by Crippen LogP contribution is -2.33. The Hall–Kier alpha value is -1.79. The van der Waals surface area contributed by atoms with Crippen molar-refractivity contribution in [1.82, 2.24) is 5.32 Å². The second-order valence-electron chi connectivity index (χ2n) is 3.12. The van der Waals surface area contributed by atoms with Crippen molar-refractivity contribution in [2.75, 3.05) is 13.1 Å². The molecule has 0 spiro atoms. The highest BCUT2D eigenvalue weighted by molar-refractivity contribution is 5.84. The second-order valence-corrected chi connectivity index (χ2v) is 3.12. The Kier molecular flexibility index (Phi) is 4.39. The van der Waals surface area contributed by atoms with E-state index in [1.54, 1.807) is 0 Å². The van der Waals surface area contributed by atoms with Gasteiger partial charge in [0.05, 0.1) is 12.5 Å². The largest absolute Gasteiger partial charge is 0.345 e. The highest BCUT2D eigenvalue weighted by Crippen LogP contribution is 2.13. The molecule has 0 bridgehead atoms. The maximum Gasteiger partial charge on any atom is 0.229 e. The average Bonchev–Trinajstić information content (AvgIpc) is 2.29. The van der Waals surface area contributed by atoms with Gasteiger partial charge in [0, 0.05) is 6.54 Å². The van der Waals surface area contributed by atoms with Crippen LogP contribution in [-0.4, -0.2) is 19.0 Å². The highest BCUT2D eigenvalue weighted by Gasteiger charge is 2.17. The van der Waals surface area contributed by atoms with E-state index in [9.17, 15) is 4.79 Å². The number of terminal acetylenes is 1. The quantitative estimate of drug-likeness (QED) is 0.698. The van der Waals surface area contributed by atoms with Crippen LogP contribution in [0.3, 0.4) is 0 Å². The van der Waals surface area contributed by atoms with E-state index in [1.165, 1.54) is 0 Å². The van der Waals surface area contributed by atoms with Crippen molar-refractivity contribution in [2.45, 2.75) is 5.92 Å². The summed E-state index contributed by atoms with van der Waals surface area (Å²) in [6, 6.07) is 9.43. The average molecular weight is 202 g/mol. The van der Waals surface area contributed by atoms with Crippen molar-refractivity contribution in [2.24, 2.45) is 5.73 Å². The van der Waals surface area contributed by atoms with Crippen molar-refractivity contribution >= 4 is 5.91 Å². The fraction of sp³-hybridized carbons (Fsp3) is 0.250. The van der Waals surface area contributed by atoms with Crippen LogP contribution >= 0.6 is 0 Å². The summed E-state index contributed by atoms with van der Waals surface area (Å²) in [7, 11) is 0. The topological polar surface area (TPSA) is 55.1 Å². The number of carbonyl (C=O) groups is 1. The molecule has 0 aliphatic heterocycles. The van der Waals surface area contributed by atoms with Crippen LogP contribution in [0.5, 0.6) is 0 Å². The molecule has 1 aromatic rings. The molecule has 0 saturated heterocycles. The first-order valence-corrected chi connectivity index (χ1v) is 4.75. The summed E-state index contributed by atoms with van der Waals surface area (Å²) >= 11 is 0. The number of benzene rings is 1. The van der Waals surface area contributed by atoms with Gasteiger partial charge in [-0.05, 0) is 5.56 Å². The molecule has 1 rings (SSSR count). The fourth-order valence-corrected chi connectivity index (χ4v) is 1.34. The number of hydrogen-bond donors (Lipinski definition) is 2. The monoisotopic (exact) mass is 202 g/mol. The minimum Gasteiger partial charge on any atom is -0.345 e. The number of amides is 1. The van der Waals surface area contributed by atoms with Gasteiger partial charge < -0.3 is 11.1 Å². The van der Waals surface area contributed by atoms with Gasteiger partial charge in [0.2, 0.25) is 5.91 Å². The smallest absolute Gasteiger partial charge is 0.229 e. The molecule has 0 radical (unpaired) electrons. The van der Waals surface area contributed by atoms with Gasteiger partial charge in [0.25, 0.3) is 0 Å². The van der Waals surface area contributed by atoms with Crippen LogP contribution in [-0.2, 0) is 4.79 Å². The summed E-state index contributed by atoms with van der Waals surface area (Å²) in [5.41, 5.74) is 6.48. The molecule has 0 aromatic heterocycles. The van der Waals surface area contributed by atoms with Gasteiger partial charge in [-0.25, -0.2) is 0 Å². The Balaban J connectivity index is 2.72. The zero-order valence-corrected chi connectivity index (χ0v) is 8.44. The number of hydrogen-bond acceptors (Lipinski definition) is 2. The van der Waals surface area contributed by atoms with Crippen molar-refractivity contribution in [3.05, 3.63) is 35.9 Å². The molecule has 78 valence electrons. The molecule has 3 N–H and O–H groups in total. The number of carbonyl (C=O) groups excluding carboxylic acids is 1. The van der Waals surface area contributed by atoms with Crippen LogP contribution < -0.4 is 11.1 Å². The van der Waals surface area contributed by atoms with Crippen LogP contribution in [0, 0.1) is 12.3 Å². The molecule has 0 aliphatic rings. The summed E-state index contributed by atoms with van der Waals surface area (Å²) in [5.74, 6) is 1.91. The molecule has 0 aliphatic carbocycles. The molecule has 0 heterocycles. The van der Waals surface area contributed by atoms with E-state index < -0.39 is 0 Å². The molecule has 1 aromatic carbocycles. The van der Waals surface area contributed by atoms with E-state index in [1.807, 2.05) is 30.3 Å². The zero-order chi connectivity index (χ0) is 11.1. The Morgan fingerprint density at radius 2 is 2.13 bits per heavy atom. The standard InChI is InChI=1S/C12H14N2O/c1-2-8-14-12(15)11(9-13)10-6-4-3-5-7-10/h1,3-7,11H,8-9,13H2,(H,14,15). The van der Waals surface area contributed by atoms with Crippen molar-refractivity contribution in [3.8, 4) is 12.3 Å². The Morgan fingerprint density at radius 3 is 2.67 bits per heavy atom. The van der Waals surface area contributed by atoms with Gasteiger partial charge in [0.1, 0.15) is 0 Å². The summed E-state index contributed by atoms with van der Waals surface area (Å²) in [6.45, 7) is 0.516. The Labute approximate surface area is 89.7 Å². The van der Waals surface area contributed by atoms with Crippen LogP contribution in [0.2, 0.25) is 0 Å². The number of nitrogens with two attached hydrogens (primary N) is 1. The van der Waals surface area contributed by atoms with Gasteiger partial charge in [0.15, 0.2) is 0 Å². The predicted molar refractivity (Wildman–Crippen MR) is 60.1 cm³/mol. The maximum atomic E-state index is 11.6. The maximum absolute atomic E-state index is 11.6. The van der Waals surface area contributed by atoms with Gasteiger partial charge >= 0.3 is 0 Å². The zero-order valence-electron chi connectivity index (χ0n) is 8.44. The van der Waals surface area contributed by atoms with E-state index >= 15 is 0 Å². The molecule has 1 unspecified atom stereocenters. The van der Waals surface area contributed by atoms with Gasteiger partial charge in [-0.1, -0.05) is 36.3 Å². The molecule has 0 saturated carbocycles. The van der Waals surface area contributed by atoms with Crippen molar-refractivity contribution < 1.29 is 4.79 Å². The van der Waals surface area contributed by atoms with E-state index in [4.69, 9.17) is 12.2 Å². The van der Waals surface area contributed by atoms with E-state index in [2.05, 4.69) is 11.2 Å². The third-order valence-corrected chi connectivity index (χ3v) is 2.12. The summed E-state index contributed by atoms with van der Waals surface area (Å²) in [5, 5.41) is 2.63. The van der Waals surface area contributed by atoms with Gasteiger partial charge in [-0.2, -0.15) is 0 Å². The summed E-state index contributed by atoms with van der Waals surface area (Å²) in [6.07, 6.45) is 5.06. The molecule has 3 nitrogen and oxygen atoms in total. The Bertz CT molecular complexity index is 354. The van der Waals surface area contributed by atoms with Crippen LogP contribution in [0.25, 0.3) is 0 Å². The number of rotatable bonds is 4. The lowest BCUT2D eigenvalue weighted by atomic mass is 9.98. The molecule has 3 heteroatoms. The second kappa shape index (κ2) is 5.84. The highest BCUT2D eigenvalue weighted by atomic mass is 16.1. The normalized spacial score (nSPS) is 11.5. The van der Waals surface area contributed by atoms with Crippen LogP contribution in [0.1, 0.15) is 11.5 Å². The van der Waals surface area contributed by atoms with Crippen LogP contribution in [0.4, 0.5) is 0 Å². The Morgan fingerprint density at radius 1 is 1.47 bits per heavy atom. The van der Waals surface area contributed by atoms with E-state index in [0.29, 0.717) is 0 Å². The summed E-state index contributed by atoms with van der Waals surface area (Å²) in [4.78, 5) is 11.6. The van der Waals surface area contributed by atoms with Gasteiger partial charge in [-0.3, -0.25) is 4.79 Å². The SMILES string of the molecule is C#CCNC(=O)C(CN)c1ccccc1. The van der Waals surface area contributed by atoms with Gasteiger partial charge in [-0.15, -0.1) is 6.42 Å². The first-order valence-electron chi connectivity index (χ1n) is 4.75. The third kappa shape index (κ3) is 3.12. The van der Waals surface area contributed by atoms with E-state index in [0.717, 1.165) is 5.56 Å². The first kappa shape index (κ1) is 11.3. The third-order valence-electron chi connectivity index (χ3n) is 2.12. The lowest BCUT2D eigenvalue weighted by Gasteiger charge is -2.13. The van der Waals surface area contributed by atoms with E-state index in [-0.39, 0.29) is 24.9 Å². The molecule has 0 fully saturated rings.